The van der Waals surface area contributed by atoms with Gasteiger partial charge in [0.1, 0.15) is 0 Å². The lowest BCUT2D eigenvalue weighted by atomic mass is 9.99. The Morgan fingerprint density at radius 1 is 1.03 bits per heavy atom. The fraction of sp³-hybridized carbons (Fsp3) is 0.182. The Morgan fingerprint density at radius 2 is 1.87 bits per heavy atom. The Bertz CT molecular complexity index is 1220. The molecule has 2 aromatic carbocycles. The fourth-order valence-corrected chi connectivity index (χ4v) is 5.23. The first-order chi connectivity index (χ1) is 14.3. The van der Waals surface area contributed by atoms with Crippen molar-refractivity contribution in [2.75, 3.05) is 11.3 Å². The van der Waals surface area contributed by atoms with Crippen molar-refractivity contribution in [1.29, 1.82) is 0 Å². The van der Waals surface area contributed by atoms with Crippen LogP contribution in [0.4, 0.5) is 5.69 Å². The molecule has 0 aliphatic carbocycles. The molecule has 6 nitrogen and oxygen atoms in total. The van der Waals surface area contributed by atoms with E-state index in [0.29, 0.717) is 29.2 Å². The van der Waals surface area contributed by atoms with Crippen LogP contribution in [0.25, 0.3) is 0 Å². The van der Waals surface area contributed by atoms with Gasteiger partial charge in [0.15, 0.2) is 5.78 Å². The number of nitrogens with zero attached hydrogens (tertiary/aromatic N) is 1. The molecule has 0 bridgehead atoms. The number of amides is 1. The van der Waals surface area contributed by atoms with Gasteiger partial charge in [-0.05, 0) is 60.2 Å². The summed E-state index contributed by atoms with van der Waals surface area (Å²) in [6, 6.07) is 15.0. The summed E-state index contributed by atoms with van der Waals surface area (Å²) in [6.45, 7) is 2.46. The van der Waals surface area contributed by atoms with Crippen molar-refractivity contribution in [1.82, 2.24) is 4.90 Å². The Kier molecular flexibility index (Phi) is 5.44. The zero-order valence-corrected chi connectivity index (χ0v) is 17.9. The monoisotopic (exact) mass is 440 g/mol. The summed E-state index contributed by atoms with van der Waals surface area (Å²) in [5, 5.41) is 1.87. The maximum atomic E-state index is 12.8. The van der Waals surface area contributed by atoms with E-state index in [9.17, 15) is 18.0 Å². The molecular formula is C22H20N2O4S2. The third-order valence-electron chi connectivity index (χ3n) is 5.04. The zero-order chi connectivity index (χ0) is 21.3. The molecule has 1 aromatic heterocycles. The van der Waals surface area contributed by atoms with Crippen LogP contribution >= 0.6 is 11.3 Å². The first-order valence-corrected chi connectivity index (χ1v) is 11.8. The van der Waals surface area contributed by atoms with Crippen molar-refractivity contribution in [2.24, 2.45) is 0 Å². The van der Waals surface area contributed by atoms with Crippen LogP contribution in [0, 0.1) is 0 Å². The van der Waals surface area contributed by atoms with E-state index in [4.69, 9.17) is 0 Å². The molecule has 4 rings (SSSR count). The number of sulfonamides is 1. The molecule has 0 atom stereocenters. The van der Waals surface area contributed by atoms with E-state index in [0.717, 1.165) is 17.5 Å². The maximum Gasteiger partial charge on any atom is 0.264 e. The lowest BCUT2D eigenvalue weighted by Crippen LogP contribution is -2.35. The lowest BCUT2D eigenvalue weighted by Gasteiger charge is -2.29. The number of thiophene rings is 1. The molecule has 0 spiro atoms. The lowest BCUT2D eigenvalue weighted by molar-refractivity contribution is 0.0739. The van der Waals surface area contributed by atoms with Crippen LogP contribution in [-0.4, -0.2) is 31.6 Å². The average molecular weight is 441 g/mol. The number of rotatable bonds is 5. The number of anilines is 1. The predicted molar refractivity (Wildman–Crippen MR) is 116 cm³/mol. The van der Waals surface area contributed by atoms with Gasteiger partial charge in [0.25, 0.3) is 15.9 Å². The van der Waals surface area contributed by atoms with Crippen LogP contribution in [0.15, 0.2) is 64.9 Å². The standard InChI is InChI=1S/C22H20N2O4S2/c1-15(25)17-4-2-5-20(13-17)30(27,28)23-19-8-7-16-9-10-24(14-18(16)12-19)22(26)21-6-3-11-29-21/h2-8,11-13,23H,9-10,14H2,1H3. The highest BCUT2D eigenvalue weighted by molar-refractivity contribution is 7.92. The van der Waals surface area contributed by atoms with Crippen LogP contribution in [0.3, 0.4) is 0 Å². The molecular weight excluding hydrogens is 420 g/mol. The normalized spacial score (nSPS) is 13.6. The average Bonchev–Trinajstić information content (AvgIpc) is 3.27. The summed E-state index contributed by atoms with van der Waals surface area (Å²) in [7, 11) is -3.84. The molecule has 1 aliphatic heterocycles. The van der Waals surface area contributed by atoms with Gasteiger partial charge in [-0.25, -0.2) is 8.42 Å². The third kappa shape index (κ3) is 4.15. The second-order valence-corrected chi connectivity index (χ2v) is 9.76. The van der Waals surface area contributed by atoms with Crippen LogP contribution in [0.2, 0.25) is 0 Å². The number of nitrogens with one attached hydrogen (secondary N) is 1. The summed E-state index contributed by atoms with van der Waals surface area (Å²) >= 11 is 1.41. The van der Waals surface area contributed by atoms with Gasteiger partial charge in [0.05, 0.1) is 9.77 Å². The summed E-state index contributed by atoms with van der Waals surface area (Å²) in [5.74, 6) is -0.209. The summed E-state index contributed by atoms with van der Waals surface area (Å²) in [6.07, 6.45) is 0.722. The highest BCUT2D eigenvalue weighted by atomic mass is 32.2. The SMILES string of the molecule is CC(=O)c1cccc(S(=O)(=O)Nc2ccc3c(c2)CN(C(=O)c2cccs2)CC3)c1. The second-order valence-electron chi connectivity index (χ2n) is 7.13. The first kappa shape index (κ1) is 20.3. The zero-order valence-electron chi connectivity index (χ0n) is 16.3. The van der Waals surface area contributed by atoms with E-state index in [-0.39, 0.29) is 16.6 Å². The van der Waals surface area contributed by atoms with Crippen molar-refractivity contribution in [3.05, 3.63) is 81.5 Å². The Balaban J connectivity index is 1.56. The molecule has 0 radical (unpaired) electrons. The summed E-state index contributed by atoms with van der Waals surface area (Å²) in [4.78, 5) is 26.7. The van der Waals surface area contributed by atoms with Crippen LogP contribution in [0.1, 0.15) is 38.1 Å². The molecule has 30 heavy (non-hydrogen) atoms. The number of hydrogen-bond donors (Lipinski definition) is 1. The molecule has 0 fully saturated rings. The van der Waals surface area contributed by atoms with E-state index in [1.807, 2.05) is 23.6 Å². The maximum absolute atomic E-state index is 12.8. The number of ketones is 1. The molecule has 2 heterocycles. The molecule has 154 valence electrons. The van der Waals surface area contributed by atoms with Gasteiger partial charge < -0.3 is 4.90 Å². The number of carbonyl (C=O) groups excluding carboxylic acids is 2. The molecule has 8 heteroatoms. The van der Waals surface area contributed by atoms with E-state index >= 15 is 0 Å². The summed E-state index contributed by atoms with van der Waals surface area (Å²) < 4.78 is 28.2. The summed E-state index contributed by atoms with van der Waals surface area (Å²) in [5.41, 5.74) is 2.79. The van der Waals surface area contributed by atoms with E-state index in [1.165, 1.54) is 30.4 Å². The van der Waals surface area contributed by atoms with Gasteiger partial charge in [0.2, 0.25) is 0 Å². The van der Waals surface area contributed by atoms with E-state index < -0.39 is 10.0 Å². The highest BCUT2D eigenvalue weighted by Crippen LogP contribution is 2.26. The largest absolute Gasteiger partial charge is 0.333 e. The number of hydrogen-bond acceptors (Lipinski definition) is 5. The van der Waals surface area contributed by atoms with Gasteiger partial charge in [-0.3, -0.25) is 14.3 Å². The smallest absolute Gasteiger partial charge is 0.264 e. The second kappa shape index (κ2) is 8.04. The highest BCUT2D eigenvalue weighted by Gasteiger charge is 2.23. The van der Waals surface area contributed by atoms with Gasteiger partial charge in [-0.2, -0.15) is 0 Å². The third-order valence-corrected chi connectivity index (χ3v) is 7.28. The Hall–Kier alpha value is -2.97. The van der Waals surface area contributed by atoms with Crippen molar-refractivity contribution in [2.45, 2.75) is 24.8 Å². The van der Waals surface area contributed by atoms with Crippen molar-refractivity contribution >= 4 is 38.7 Å². The van der Waals surface area contributed by atoms with E-state index in [2.05, 4.69) is 4.72 Å². The quantitative estimate of drug-likeness (QED) is 0.609. The van der Waals surface area contributed by atoms with Gasteiger partial charge in [0, 0.05) is 24.3 Å². The molecule has 0 saturated heterocycles. The van der Waals surface area contributed by atoms with Crippen LogP contribution in [-0.2, 0) is 23.0 Å². The van der Waals surface area contributed by atoms with Gasteiger partial charge in [-0.15, -0.1) is 11.3 Å². The topological polar surface area (TPSA) is 83.6 Å². The molecule has 1 N–H and O–H groups in total. The number of benzene rings is 2. The Labute approximate surface area is 179 Å². The Morgan fingerprint density at radius 3 is 2.60 bits per heavy atom. The molecule has 3 aromatic rings. The fourth-order valence-electron chi connectivity index (χ4n) is 3.45. The van der Waals surface area contributed by atoms with Crippen molar-refractivity contribution in [3.63, 3.8) is 0 Å². The molecule has 0 unspecified atom stereocenters. The molecule has 1 amide bonds. The van der Waals surface area contributed by atoms with Gasteiger partial charge in [-0.1, -0.05) is 24.3 Å². The minimum absolute atomic E-state index is 0.0114. The van der Waals surface area contributed by atoms with Crippen molar-refractivity contribution in [3.8, 4) is 0 Å². The molecule has 1 aliphatic rings. The van der Waals surface area contributed by atoms with Crippen molar-refractivity contribution < 1.29 is 18.0 Å². The minimum atomic E-state index is -3.84. The number of carbonyl (C=O) groups is 2. The predicted octanol–water partition coefficient (Wildman–Crippen LogP) is 3.95. The minimum Gasteiger partial charge on any atom is -0.333 e. The van der Waals surface area contributed by atoms with Gasteiger partial charge >= 0.3 is 0 Å². The van der Waals surface area contributed by atoms with Crippen LogP contribution < -0.4 is 4.72 Å². The van der Waals surface area contributed by atoms with E-state index in [1.54, 1.807) is 29.2 Å². The number of Topliss-reactive ketones (excluding diaryl/α,β-unsaturated/α-hetero) is 1. The van der Waals surface area contributed by atoms with Crippen LogP contribution in [0.5, 0.6) is 0 Å². The number of fused-ring (bicyclic) bond motifs is 1. The first-order valence-electron chi connectivity index (χ1n) is 9.42. The molecule has 0 saturated carbocycles.